The molecule has 0 spiro atoms. The normalized spacial score (nSPS) is 21.8. The first-order valence-electron chi connectivity index (χ1n) is 6.93. The number of benzene rings is 1. The third-order valence-electron chi connectivity index (χ3n) is 3.34. The highest BCUT2D eigenvalue weighted by molar-refractivity contribution is 5.14. The zero-order valence-electron chi connectivity index (χ0n) is 11.3. The molecule has 2 atom stereocenters. The van der Waals surface area contributed by atoms with Gasteiger partial charge in [-0.15, -0.1) is 0 Å². The van der Waals surface area contributed by atoms with Crippen LogP contribution in [0.15, 0.2) is 42.5 Å². The van der Waals surface area contributed by atoms with E-state index in [1.807, 2.05) is 6.07 Å². The van der Waals surface area contributed by atoms with Gasteiger partial charge in [0.25, 0.3) is 0 Å². The molecule has 0 aromatic heterocycles. The quantitative estimate of drug-likeness (QED) is 0.501. The summed E-state index contributed by atoms with van der Waals surface area (Å²) < 4.78 is 0. The highest BCUT2D eigenvalue weighted by atomic mass is 16.8. The molecule has 1 aliphatic heterocycles. The molecule has 1 saturated heterocycles. The molecule has 0 N–H and O–H groups in total. The van der Waals surface area contributed by atoms with Crippen LogP contribution in [0, 0.1) is 0 Å². The number of rotatable bonds is 8. The molecule has 0 radical (unpaired) electrons. The van der Waals surface area contributed by atoms with E-state index in [2.05, 4.69) is 42.8 Å². The van der Waals surface area contributed by atoms with Crippen molar-refractivity contribution in [1.29, 1.82) is 0 Å². The molecule has 98 valence electrons. The van der Waals surface area contributed by atoms with Crippen LogP contribution < -0.4 is 0 Å². The molecule has 0 bridgehead atoms. The van der Waals surface area contributed by atoms with E-state index in [9.17, 15) is 0 Å². The largest absolute Gasteiger partial charge is 0.275 e. The van der Waals surface area contributed by atoms with Gasteiger partial charge in [-0.05, 0) is 31.2 Å². The van der Waals surface area contributed by atoms with Crippen LogP contribution in [-0.4, -0.2) is 11.3 Å². The van der Waals surface area contributed by atoms with E-state index in [0.717, 1.165) is 19.4 Å². The summed E-state index contributed by atoms with van der Waals surface area (Å²) in [4.78, 5) is 5.57. The Labute approximate surface area is 110 Å². The summed E-state index contributed by atoms with van der Waals surface area (Å²) in [6.45, 7) is 7.24. The van der Waals surface area contributed by atoms with Gasteiger partial charge in [-0.1, -0.05) is 55.8 Å². The fourth-order valence-electron chi connectivity index (χ4n) is 2.11. The predicted molar refractivity (Wildman–Crippen MR) is 74.8 cm³/mol. The molecule has 1 aromatic carbocycles. The lowest BCUT2D eigenvalue weighted by atomic mass is 10.1. The number of unbranched alkanes of at least 4 members (excludes halogenated alkanes) is 1. The highest BCUT2D eigenvalue weighted by Gasteiger charge is 2.35. The van der Waals surface area contributed by atoms with Crippen LogP contribution in [0.3, 0.4) is 0 Å². The van der Waals surface area contributed by atoms with E-state index < -0.39 is 0 Å². The number of allylic oxidation sites excluding steroid dienone is 1. The van der Waals surface area contributed by atoms with Crippen molar-refractivity contribution in [3.8, 4) is 0 Å². The third kappa shape index (κ3) is 4.28. The Bertz CT molecular complexity index is 374. The lowest BCUT2D eigenvalue weighted by molar-refractivity contribution is 0.191. The van der Waals surface area contributed by atoms with Crippen LogP contribution in [-0.2, 0) is 11.4 Å². The van der Waals surface area contributed by atoms with E-state index in [1.54, 1.807) is 0 Å². The second kappa shape index (κ2) is 6.72. The zero-order valence-corrected chi connectivity index (χ0v) is 11.3. The molecule has 1 aromatic rings. The van der Waals surface area contributed by atoms with Crippen LogP contribution in [0.2, 0.25) is 0 Å². The highest BCUT2D eigenvalue weighted by Crippen LogP contribution is 2.28. The molecular weight excluding hydrogens is 222 g/mol. The van der Waals surface area contributed by atoms with Crippen molar-refractivity contribution in [3.05, 3.63) is 48.0 Å². The van der Waals surface area contributed by atoms with Crippen molar-refractivity contribution < 1.29 is 4.84 Å². The fourth-order valence-corrected chi connectivity index (χ4v) is 2.11. The first kappa shape index (κ1) is 13.3. The first-order chi connectivity index (χ1) is 8.79. The van der Waals surface area contributed by atoms with Gasteiger partial charge in [0.05, 0.1) is 6.54 Å². The topological polar surface area (TPSA) is 15.5 Å². The maximum atomic E-state index is 5.57. The number of nitrogens with zero attached hydrogens (tertiary/aromatic N) is 1. The van der Waals surface area contributed by atoms with E-state index in [1.165, 1.54) is 30.4 Å². The Morgan fingerprint density at radius 1 is 1.28 bits per heavy atom. The SMILES string of the molecule is C=C(CCCC)CCC1ON1Cc1ccccc1. The van der Waals surface area contributed by atoms with Gasteiger partial charge in [-0.25, -0.2) is 0 Å². The number of hydrogen-bond donors (Lipinski definition) is 0. The molecule has 18 heavy (non-hydrogen) atoms. The average Bonchev–Trinajstić information content (AvgIpc) is 3.13. The van der Waals surface area contributed by atoms with Gasteiger partial charge in [0.2, 0.25) is 0 Å². The van der Waals surface area contributed by atoms with Gasteiger partial charge < -0.3 is 0 Å². The first-order valence-corrected chi connectivity index (χ1v) is 6.93. The maximum Gasteiger partial charge on any atom is 0.155 e. The van der Waals surface area contributed by atoms with E-state index in [-0.39, 0.29) is 0 Å². The third-order valence-corrected chi connectivity index (χ3v) is 3.34. The molecule has 1 fully saturated rings. The Morgan fingerprint density at radius 2 is 2.06 bits per heavy atom. The number of hydroxylamine groups is 2. The summed E-state index contributed by atoms with van der Waals surface area (Å²) in [6.07, 6.45) is 6.16. The van der Waals surface area contributed by atoms with Crippen LogP contribution in [0.1, 0.15) is 44.6 Å². The lowest BCUT2D eigenvalue weighted by Gasteiger charge is -2.03. The molecule has 2 heteroatoms. The minimum atomic E-state index is 0.309. The summed E-state index contributed by atoms with van der Waals surface area (Å²) in [5, 5.41) is 2.06. The van der Waals surface area contributed by atoms with Crippen LogP contribution in [0.4, 0.5) is 0 Å². The van der Waals surface area contributed by atoms with Crippen molar-refractivity contribution in [2.45, 2.75) is 51.8 Å². The molecular formula is C16H23NO. The minimum Gasteiger partial charge on any atom is -0.275 e. The van der Waals surface area contributed by atoms with Crippen molar-refractivity contribution in [2.75, 3.05) is 0 Å². The summed E-state index contributed by atoms with van der Waals surface area (Å²) in [5.74, 6) is 0. The Morgan fingerprint density at radius 3 is 2.78 bits per heavy atom. The van der Waals surface area contributed by atoms with Crippen LogP contribution >= 0.6 is 0 Å². The summed E-state index contributed by atoms with van der Waals surface area (Å²) in [6, 6.07) is 10.5. The van der Waals surface area contributed by atoms with Gasteiger partial charge in [0.1, 0.15) is 0 Å². The van der Waals surface area contributed by atoms with Crippen molar-refractivity contribution >= 4 is 0 Å². The molecule has 2 unspecified atom stereocenters. The molecule has 2 rings (SSSR count). The average molecular weight is 245 g/mol. The monoisotopic (exact) mass is 245 g/mol. The van der Waals surface area contributed by atoms with E-state index >= 15 is 0 Å². The summed E-state index contributed by atoms with van der Waals surface area (Å²) >= 11 is 0. The Balaban J connectivity index is 1.62. The van der Waals surface area contributed by atoms with Gasteiger partial charge >= 0.3 is 0 Å². The number of hydrogen-bond acceptors (Lipinski definition) is 2. The van der Waals surface area contributed by atoms with Crippen LogP contribution in [0.25, 0.3) is 0 Å². The van der Waals surface area contributed by atoms with Crippen molar-refractivity contribution in [2.24, 2.45) is 0 Å². The van der Waals surface area contributed by atoms with Crippen molar-refractivity contribution in [3.63, 3.8) is 0 Å². The van der Waals surface area contributed by atoms with E-state index in [0.29, 0.717) is 6.23 Å². The summed E-state index contributed by atoms with van der Waals surface area (Å²) in [5.41, 5.74) is 2.68. The van der Waals surface area contributed by atoms with E-state index in [4.69, 9.17) is 4.84 Å². The minimum absolute atomic E-state index is 0.309. The predicted octanol–water partition coefficient (Wildman–Crippen LogP) is 4.29. The Hall–Kier alpha value is -1.12. The molecule has 0 saturated carbocycles. The van der Waals surface area contributed by atoms with Gasteiger partial charge in [-0.3, -0.25) is 4.84 Å². The maximum absolute atomic E-state index is 5.57. The van der Waals surface area contributed by atoms with Gasteiger partial charge in [-0.2, -0.15) is 5.06 Å². The summed E-state index contributed by atoms with van der Waals surface area (Å²) in [7, 11) is 0. The standard InChI is InChI=1S/C16H23NO/c1-3-4-8-14(2)11-12-16-17(18-16)13-15-9-6-5-7-10-15/h5-7,9-10,16H,2-4,8,11-13H2,1H3. The Kier molecular flexibility index (Phi) is 4.97. The molecule has 2 nitrogen and oxygen atoms in total. The lowest BCUT2D eigenvalue weighted by Crippen LogP contribution is -2.02. The molecule has 1 heterocycles. The fraction of sp³-hybridized carbons (Fsp3) is 0.500. The molecule has 0 aliphatic carbocycles. The van der Waals surface area contributed by atoms with Crippen molar-refractivity contribution in [1.82, 2.24) is 5.06 Å². The molecule has 1 aliphatic rings. The van der Waals surface area contributed by atoms with Gasteiger partial charge in [0.15, 0.2) is 6.23 Å². The van der Waals surface area contributed by atoms with Gasteiger partial charge in [0, 0.05) is 0 Å². The second-order valence-electron chi connectivity index (χ2n) is 5.01. The van der Waals surface area contributed by atoms with Crippen LogP contribution in [0.5, 0.6) is 0 Å². The smallest absolute Gasteiger partial charge is 0.155 e. The molecule has 0 amide bonds. The second-order valence-corrected chi connectivity index (χ2v) is 5.01. The zero-order chi connectivity index (χ0) is 12.8.